The molecule has 20 atom stereocenters. The van der Waals surface area contributed by atoms with Crippen LogP contribution in [0.15, 0.2) is 30.3 Å². The van der Waals surface area contributed by atoms with E-state index in [1.165, 1.54) is 0 Å². The molecule has 6 fully saturated rings. The zero-order valence-corrected chi connectivity index (χ0v) is 25.8. The van der Waals surface area contributed by atoms with E-state index in [1.54, 1.807) is 30.3 Å². The van der Waals surface area contributed by atoms with Crippen LogP contribution < -0.4 is 0 Å². The third kappa shape index (κ3) is 6.12. The molecule has 6 saturated heterocycles. The van der Waals surface area contributed by atoms with Crippen LogP contribution in [-0.2, 0) is 48.4 Å². The van der Waals surface area contributed by atoms with Gasteiger partial charge in [0.2, 0.25) is 5.79 Å². The fourth-order valence-electron chi connectivity index (χ4n) is 7.34. The van der Waals surface area contributed by atoms with Crippen molar-refractivity contribution in [3.05, 3.63) is 35.9 Å². The molecule has 49 heavy (non-hydrogen) atoms. The van der Waals surface area contributed by atoms with Crippen LogP contribution in [0.25, 0.3) is 0 Å². The van der Waals surface area contributed by atoms with E-state index < -0.39 is 136 Å². The minimum Gasteiger partial charge on any atom is -0.394 e. The number of hydrogen-bond donors (Lipinski definition) is 10. The molecular weight excluding hydrogens is 664 g/mol. The largest absolute Gasteiger partial charge is 0.394 e. The Morgan fingerprint density at radius 3 is 1.90 bits per heavy atom. The Kier molecular flexibility index (Phi) is 10.3. The van der Waals surface area contributed by atoms with E-state index in [2.05, 4.69) is 0 Å². The predicted octanol–water partition coefficient (Wildman–Crippen LogP) is -6.13. The molecule has 6 heterocycles. The number of aliphatic hydroxyl groups excluding tert-OH is 10. The maximum atomic E-state index is 11.4. The SMILES string of the molecule is OCC1OC(OC2C3COC2C(O)C(OC2C(O)C(CO)OC(OC4C5COC4C(O)C(O)O5)C2O)O3)(c2ccccc2)C(O)C(O)C1O. The van der Waals surface area contributed by atoms with Crippen molar-refractivity contribution in [3.8, 4) is 0 Å². The van der Waals surface area contributed by atoms with Gasteiger partial charge in [-0.15, -0.1) is 0 Å². The zero-order valence-electron chi connectivity index (χ0n) is 25.8. The summed E-state index contributed by atoms with van der Waals surface area (Å²) in [7, 11) is 0. The molecule has 7 rings (SSSR count). The van der Waals surface area contributed by atoms with Crippen LogP contribution >= 0.6 is 0 Å². The third-order valence-electron chi connectivity index (χ3n) is 10.00. The standard InChI is InChI=1S/C30H42O19/c31-6-11-16(34)23(19(37)28(44-11)46-21-13-8-41-24(21)18(36)27(40)43-13)47-29-20(38)25-22(14(45-29)9-42-25)49-30(10-4-2-1-3-5-10)26(39)17(35)15(33)12(7-32)48-30/h1-5,11-29,31-40H,6-9H2. The van der Waals surface area contributed by atoms with E-state index in [-0.39, 0.29) is 18.8 Å². The number of hydrogen-bond acceptors (Lipinski definition) is 19. The van der Waals surface area contributed by atoms with Gasteiger partial charge in [0.1, 0.15) is 97.7 Å². The van der Waals surface area contributed by atoms with Gasteiger partial charge in [-0.1, -0.05) is 30.3 Å². The lowest BCUT2D eigenvalue weighted by Crippen LogP contribution is -2.68. The molecule has 0 saturated carbocycles. The monoisotopic (exact) mass is 706 g/mol. The molecule has 0 aliphatic carbocycles. The Morgan fingerprint density at radius 2 is 1.22 bits per heavy atom. The first-order valence-corrected chi connectivity index (χ1v) is 16.1. The van der Waals surface area contributed by atoms with Crippen molar-refractivity contribution in [1.82, 2.24) is 0 Å². The molecule has 6 aliphatic heterocycles. The molecule has 6 aliphatic rings. The quantitative estimate of drug-likeness (QED) is 0.114. The van der Waals surface area contributed by atoms with Crippen LogP contribution in [0, 0.1) is 0 Å². The Hall–Kier alpha value is -1.54. The highest BCUT2D eigenvalue weighted by molar-refractivity contribution is 5.24. The molecule has 20 unspecified atom stereocenters. The Labute approximate surface area is 278 Å². The molecule has 276 valence electrons. The lowest BCUT2D eigenvalue weighted by atomic mass is 9.87. The van der Waals surface area contributed by atoms with Crippen molar-refractivity contribution in [3.63, 3.8) is 0 Å². The van der Waals surface area contributed by atoms with Gasteiger partial charge in [0.15, 0.2) is 18.9 Å². The molecular formula is C30H42O19. The van der Waals surface area contributed by atoms with Gasteiger partial charge in [-0.05, 0) is 0 Å². The number of aliphatic hydroxyl groups is 10. The minimum atomic E-state index is -2.17. The Morgan fingerprint density at radius 1 is 0.612 bits per heavy atom. The van der Waals surface area contributed by atoms with E-state index >= 15 is 0 Å². The van der Waals surface area contributed by atoms with Gasteiger partial charge < -0.3 is 93.7 Å². The van der Waals surface area contributed by atoms with Gasteiger partial charge in [0.05, 0.1) is 26.4 Å². The van der Waals surface area contributed by atoms with Gasteiger partial charge in [0.25, 0.3) is 0 Å². The van der Waals surface area contributed by atoms with E-state index in [0.717, 1.165) is 0 Å². The van der Waals surface area contributed by atoms with Crippen LogP contribution in [0.3, 0.4) is 0 Å². The van der Waals surface area contributed by atoms with Gasteiger partial charge in [-0.25, -0.2) is 0 Å². The van der Waals surface area contributed by atoms with Crippen molar-refractivity contribution < 1.29 is 93.7 Å². The molecule has 10 N–H and O–H groups in total. The molecule has 19 heteroatoms. The molecule has 0 radical (unpaired) electrons. The van der Waals surface area contributed by atoms with Crippen LogP contribution in [0.4, 0.5) is 0 Å². The second-order valence-corrected chi connectivity index (χ2v) is 13.0. The smallest absolute Gasteiger partial charge is 0.225 e. The summed E-state index contributed by atoms with van der Waals surface area (Å²) in [6, 6.07) is 8.01. The highest BCUT2D eigenvalue weighted by atomic mass is 16.8. The molecule has 1 aromatic rings. The summed E-state index contributed by atoms with van der Waals surface area (Å²) in [5.74, 6) is -2.17. The average Bonchev–Trinajstić information content (AvgIpc) is 3.59. The highest BCUT2D eigenvalue weighted by Gasteiger charge is 2.62. The van der Waals surface area contributed by atoms with E-state index in [0.29, 0.717) is 0 Å². The molecule has 0 amide bonds. The summed E-state index contributed by atoms with van der Waals surface area (Å²) >= 11 is 0. The van der Waals surface area contributed by atoms with Gasteiger partial charge in [-0.2, -0.15) is 0 Å². The molecule has 4 bridgehead atoms. The van der Waals surface area contributed by atoms with Crippen molar-refractivity contribution >= 4 is 0 Å². The summed E-state index contributed by atoms with van der Waals surface area (Å²) in [5, 5.41) is 106. The first-order chi connectivity index (χ1) is 23.5. The number of rotatable bonds is 9. The van der Waals surface area contributed by atoms with Crippen molar-refractivity contribution in [2.45, 2.75) is 122 Å². The second kappa shape index (κ2) is 14.1. The Bertz CT molecular complexity index is 1260. The normalized spacial score (nSPS) is 52.7. The van der Waals surface area contributed by atoms with Crippen molar-refractivity contribution in [2.75, 3.05) is 26.4 Å². The lowest BCUT2D eigenvalue weighted by molar-refractivity contribution is -0.406. The fourth-order valence-corrected chi connectivity index (χ4v) is 7.34. The molecule has 0 spiro atoms. The molecule has 0 aromatic heterocycles. The predicted molar refractivity (Wildman–Crippen MR) is 152 cm³/mol. The average molecular weight is 707 g/mol. The summed E-state index contributed by atoms with van der Waals surface area (Å²) in [4.78, 5) is 0. The van der Waals surface area contributed by atoms with E-state index in [1.807, 2.05) is 0 Å². The summed E-state index contributed by atoms with van der Waals surface area (Å²) < 4.78 is 52.3. The second-order valence-electron chi connectivity index (χ2n) is 13.0. The van der Waals surface area contributed by atoms with Crippen LogP contribution in [0.1, 0.15) is 5.56 Å². The highest BCUT2D eigenvalue weighted by Crippen LogP contribution is 2.45. The maximum absolute atomic E-state index is 11.4. The topological polar surface area (TPSA) is 285 Å². The minimum absolute atomic E-state index is 0.0276. The zero-order chi connectivity index (χ0) is 34.8. The molecule has 1 aromatic carbocycles. The molecule has 19 nitrogen and oxygen atoms in total. The van der Waals surface area contributed by atoms with Crippen LogP contribution in [0.2, 0.25) is 0 Å². The van der Waals surface area contributed by atoms with Gasteiger partial charge in [0, 0.05) is 5.56 Å². The van der Waals surface area contributed by atoms with E-state index in [9.17, 15) is 51.1 Å². The third-order valence-corrected chi connectivity index (χ3v) is 10.00. The number of benzene rings is 1. The number of ether oxygens (including phenoxy) is 9. The van der Waals surface area contributed by atoms with Gasteiger partial charge in [-0.3, -0.25) is 0 Å². The summed E-state index contributed by atoms with van der Waals surface area (Å²) in [5.41, 5.74) is 0.220. The first-order valence-electron chi connectivity index (χ1n) is 16.1. The fraction of sp³-hybridized carbons (Fsp3) is 0.800. The number of fused-ring (bicyclic) bond motifs is 4. The lowest BCUT2D eigenvalue weighted by Gasteiger charge is -2.51. The summed E-state index contributed by atoms with van der Waals surface area (Å²) in [6.45, 7) is -1.63. The van der Waals surface area contributed by atoms with Crippen molar-refractivity contribution in [1.29, 1.82) is 0 Å². The van der Waals surface area contributed by atoms with Crippen LogP contribution in [-0.4, -0.2) is 194 Å². The van der Waals surface area contributed by atoms with E-state index in [4.69, 9.17) is 42.6 Å². The van der Waals surface area contributed by atoms with Crippen LogP contribution in [0.5, 0.6) is 0 Å². The van der Waals surface area contributed by atoms with Crippen molar-refractivity contribution in [2.24, 2.45) is 0 Å². The first kappa shape index (κ1) is 35.8. The summed E-state index contributed by atoms with van der Waals surface area (Å²) in [6.07, 6.45) is -27.0. The van der Waals surface area contributed by atoms with Gasteiger partial charge >= 0.3 is 0 Å². The maximum Gasteiger partial charge on any atom is 0.225 e. The Balaban J connectivity index is 1.09.